The van der Waals surface area contributed by atoms with Crippen LogP contribution in [0.1, 0.15) is 5.56 Å². The maximum atomic E-state index is 12.0. The largest absolute Gasteiger partial charge is 0.435 e. The zero-order chi connectivity index (χ0) is 16.4. The summed E-state index contributed by atoms with van der Waals surface area (Å²) in [5.41, 5.74) is 0.918. The number of nitrogens with one attached hydrogen (secondary N) is 1. The maximum absolute atomic E-state index is 12.0. The molecule has 22 heavy (non-hydrogen) atoms. The van der Waals surface area contributed by atoms with E-state index in [-0.39, 0.29) is 11.8 Å². The van der Waals surface area contributed by atoms with Gasteiger partial charge in [0.25, 0.3) is 0 Å². The van der Waals surface area contributed by atoms with E-state index in [0.717, 1.165) is 5.56 Å². The third-order valence-corrected chi connectivity index (χ3v) is 2.82. The summed E-state index contributed by atoms with van der Waals surface area (Å²) in [7, 11) is 0. The Bertz CT molecular complexity index is 479. The molecule has 0 aliphatic carbocycles. The zero-order valence-electron chi connectivity index (χ0n) is 12.3. The molecule has 0 saturated carbocycles. The number of rotatable bonds is 9. The molecule has 0 atom stereocenters. The van der Waals surface area contributed by atoms with Crippen LogP contribution in [0.3, 0.4) is 0 Å². The van der Waals surface area contributed by atoms with Crippen molar-refractivity contribution >= 4 is 6.03 Å². The lowest BCUT2D eigenvalue weighted by Gasteiger charge is -2.19. The molecule has 2 amide bonds. The summed E-state index contributed by atoms with van der Waals surface area (Å²) in [6.45, 7) is 5.70. The van der Waals surface area contributed by atoms with Gasteiger partial charge in [-0.2, -0.15) is 8.78 Å². The van der Waals surface area contributed by atoms with Crippen molar-refractivity contribution in [2.45, 2.75) is 13.0 Å². The highest BCUT2D eigenvalue weighted by Gasteiger charge is 2.09. The van der Waals surface area contributed by atoms with E-state index >= 15 is 0 Å². The van der Waals surface area contributed by atoms with Gasteiger partial charge in [0.05, 0.1) is 0 Å². The predicted molar refractivity (Wildman–Crippen MR) is 82.1 cm³/mol. The van der Waals surface area contributed by atoms with Crippen molar-refractivity contribution in [3.8, 4) is 5.75 Å². The monoisotopic (exact) mass is 310 g/mol. The highest BCUT2D eigenvalue weighted by Crippen LogP contribution is 2.14. The van der Waals surface area contributed by atoms with Crippen LogP contribution in [0, 0.1) is 0 Å². The SMILES string of the molecule is C=CCN(CC=C)C(=O)NCCc1ccc(OC(F)F)cc1. The lowest BCUT2D eigenvalue weighted by Crippen LogP contribution is -2.40. The topological polar surface area (TPSA) is 41.6 Å². The molecule has 0 fully saturated rings. The smallest absolute Gasteiger partial charge is 0.387 e. The van der Waals surface area contributed by atoms with E-state index in [1.54, 1.807) is 29.2 Å². The first-order chi connectivity index (χ1) is 10.6. The first-order valence-corrected chi connectivity index (χ1v) is 6.85. The lowest BCUT2D eigenvalue weighted by molar-refractivity contribution is -0.0498. The van der Waals surface area contributed by atoms with E-state index in [0.29, 0.717) is 26.1 Å². The quantitative estimate of drug-likeness (QED) is 0.712. The van der Waals surface area contributed by atoms with Crippen LogP contribution in [0.25, 0.3) is 0 Å². The minimum atomic E-state index is -2.83. The standard InChI is InChI=1S/C16H20F2N2O2/c1-3-11-20(12-4-2)16(21)19-10-9-13-5-7-14(8-6-13)22-15(17)18/h3-8,15H,1-2,9-12H2,(H,19,21). The molecule has 1 rings (SSSR count). The molecule has 0 saturated heterocycles. The molecule has 0 aliphatic heterocycles. The fourth-order valence-corrected chi connectivity index (χ4v) is 1.82. The highest BCUT2D eigenvalue weighted by molar-refractivity contribution is 5.74. The zero-order valence-corrected chi connectivity index (χ0v) is 12.3. The van der Waals surface area contributed by atoms with Crippen LogP contribution in [-0.2, 0) is 6.42 Å². The summed E-state index contributed by atoms with van der Waals surface area (Å²) in [6, 6.07) is 6.14. The molecular formula is C16H20F2N2O2. The van der Waals surface area contributed by atoms with Crippen LogP contribution in [0.5, 0.6) is 5.75 Å². The molecule has 1 aromatic carbocycles. The Morgan fingerprint density at radius 3 is 2.32 bits per heavy atom. The van der Waals surface area contributed by atoms with Gasteiger partial charge in [0.2, 0.25) is 0 Å². The first-order valence-electron chi connectivity index (χ1n) is 6.85. The summed E-state index contributed by atoms with van der Waals surface area (Å²) >= 11 is 0. The van der Waals surface area contributed by atoms with E-state index in [9.17, 15) is 13.6 Å². The maximum Gasteiger partial charge on any atom is 0.387 e. The Morgan fingerprint density at radius 2 is 1.82 bits per heavy atom. The number of amides is 2. The number of hydrogen-bond acceptors (Lipinski definition) is 2. The van der Waals surface area contributed by atoms with E-state index in [4.69, 9.17) is 0 Å². The van der Waals surface area contributed by atoms with Gasteiger partial charge in [-0.25, -0.2) is 4.79 Å². The fraction of sp³-hybridized carbons (Fsp3) is 0.312. The number of carbonyl (C=O) groups excluding carboxylic acids is 1. The van der Waals surface area contributed by atoms with E-state index in [2.05, 4.69) is 23.2 Å². The summed E-state index contributed by atoms with van der Waals surface area (Å²) < 4.78 is 28.3. The molecule has 0 heterocycles. The molecular weight excluding hydrogens is 290 g/mol. The Balaban J connectivity index is 2.41. The molecule has 0 unspecified atom stereocenters. The third kappa shape index (κ3) is 6.39. The lowest BCUT2D eigenvalue weighted by atomic mass is 10.1. The number of urea groups is 1. The van der Waals surface area contributed by atoms with Crippen molar-refractivity contribution in [1.29, 1.82) is 0 Å². The van der Waals surface area contributed by atoms with Gasteiger partial charge in [-0.3, -0.25) is 0 Å². The van der Waals surface area contributed by atoms with E-state index in [1.807, 2.05) is 0 Å². The van der Waals surface area contributed by atoms with E-state index < -0.39 is 6.61 Å². The minimum Gasteiger partial charge on any atom is -0.435 e. The van der Waals surface area contributed by atoms with E-state index in [1.165, 1.54) is 12.1 Å². The van der Waals surface area contributed by atoms with Gasteiger partial charge in [0, 0.05) is 19.6 Å². The summed E-state index contributed by atoms with van der Waals surface area (Å²) in [6.07, 6.45) is 3.88. The molecule has 0 bridgehead atoms. The molecule has 1 N–H and O–H groups in total. The summed E-state index contributed by atoms with van der Waals surface area (Å²) in [5, 5.41) is 2.79. The number of carbonyl (C=O) groups is 1. The average Bonchev–Trinajstić information content (AvgIpc) is 2.48. The summed E-state index contributed by atoms with van der Waals surface area (Å²) in [4.78, 5) is 13.5. The second-order valence-corrected chi connectivity index (χ2v) is 4.49. The molecule has 4 nitrogen and oxygen atoms in total. The van der Waals surface area contributed by atoms with Gasteiger partial charge in [-0.1, -0.05) is 24.3 Å². The number of nitrogens with zero attached hydrogens (tertiary/aromatic N) is 1. The van der Waals surface area contributed by atoms with Crippen LogP contribution < -0.4 is 10.1 Å². The molecule has 0 aromatic heterocycles. The molecule has 120 valence electrons. The second kappa shape index (κ2) is 9.55. The van der Waals surface area contributed by atoms with Gasteiger partial charge in [0.15, 0.2) is 0 Å². The molecule has 0 spiro atoms. The van der Waals surface area contributed by atoms with Gasteiger partial charge in [-0.05, 0) is 24.1 Å². The third-order valence-electron chi connectivity index (χ3n) is 2.82. The van der Waals surface area contributed by atoms with Crippen LogP contribution in [0.2, 0.25) is 0 Å². The Kier molecular flexibility index (Phi) is 7.67. The fourth-order valence-electron chi connectivity index (χ4n) is 1.82. The molecule has 6 heteroatoms. The number of alkyl halides is 2. The van der Waals surface area contributed by atoms with Crippen molar-refractivity contribution in [3.05, 3.63) is 55.1 Å². The second-order valence-electron chi connectivity index (χ2n) is 4.49. The molecule has 0 radical (unpaired) electrons. The van der Waals surface area contributed by atoms with Gasteiger partial charge >= 0.3 is 12.6 Å². The van der Waals surface area contributed by atoms with Crippen molar-refractivity contribution in [2.75, 3.05) is 19.6 Å². The number of halogens is 2. The van der Waals surface area contributed by atoms with Crippen LogP contribution in [0.4, 0.5) is 13.6 Å². The minimum absolute atomic E-state index is 0.117. The molecule has 0 aliphatic rings. The number of benzene rings is 1. The van der Waals surface area contributed by atoms with Crippen molar-refractivity contribution in [3.63, 3.8) is 0 Å². The number of hydrogen-bond donors (Lipinski definition) is 1. The first kappa shape index (κ1) is 17.7. The molecule has 1 aromatic rings. The van der Waals surface area contributed by atoms with Crippen molar-refractivity contribution in [1.82, 2.24) is 10.2 Å². The average molecular weight is 310 g/mol. The van der Waals surface area contributed by atoms with Gasteiger partial charge < -0.3 is 15.0 Å². The van der Waals surface area contributed by atoms with Crippen LogP contribution in [-0.4, -0.2) is 37.2 Å². The summed E-state index contributed by atoms with van der Waals surface area (Å²) in [5.74, 6) is 0.117. The van der Waals surface area contributed by atoms with Crippen molar-refractivity contribution in [2.24, 2.45) is 0 Å². The van der Waals surface area contributed by atoms with Gasteiger partial charge in [0.1, 0.15) is 5.75 Å². The van der Waals surface area contributed by atoms with Crippen molar-refractivity contribution < 1.29 is 18.3 Å². The van der Waals surface area contributed by atoms with Gasteiger partial charge in [-0.15, -0.1) is 13.2 Å². The van der Waals surface area contributed by atoms with Crippen LogP contribution in [0.15, 0.2) is 49.6 Å². The van der Waals surface area contributed by atoms with Crippen LogP contribution >= 0.6 is 0 Å². The Morgan fingerprint density at radius 1 is 1.23 bits per heavy atom. The predicted octanol–water partition coefficient (Wildman–Crippen LogP) is 3.21. The Hall–Kier alpha value is -2.37. The Labute approximate surface area is 129 Å². The highest BCUT2D eigenvalue weighted by atomic mass is 19.3. The normalized spacial score (nSPS) is 10.1. The number of ether oxygens (including phenoxy) is 1.